The molecule has 0 amide bonds. The molecule has 76 valence electrons. The van der Waals surface area contributed by atoms with Crippen molar-refractivity contribution in [1.82, 2.24) is 0 Å². The number of aliphatic hydroxyl groups excluding tert-OH is 1. The van der Waals surface area contributed by atoms with Crippen molar-refractivity contribution in [1.29, 1.82) is 0 Å². The van der Waals surface area contributed by atoms with Gasteiger partial charge in [-0.05, 0) is 30.7 Å². The Morgan fingerprint density at radius 1 is 1.50 bits per heavy atom. The first kappa shape index (κ1) is 10.7. The molecule has 4 heteroatoms. The van der Waals surface area contributed by atoms with Crippen LogP contribution in [-0.2, 0) is 4.84 Å². The average Bonchev–Trinajstić information content (AvgIpc) is 2.26. The van der Waals surface area contributed by atoms with Gasteiger partial charge < -0.3 is 5.11 Å². The molecular weight excluding hydrogens is 182 g/mol. The Balaban J connectivity index is 2.47. The summed E-state index contributed by atoms with van der Waals surface area (Å²) in [6.45, 7) is 1.81. The van der Waals surface area contributed by atoms with E-state index in [2.05, 4.69) is 5.48 Å². The Morgan fingerprint density at radius 2 is 2.14 bits per heavy atom. The van der Waals surface area contributed by atoms with Crippen molar-refractivity contribution in [3.63, 3.8) is 0 Å². The maximum Gasteiger partial charge on any atom is 0.180 e. The second-order valence-corrected chi connectivity index (χ2v) is 2.82. The SMILES string of the molecule is CCC(O)ONc1ccc(C=O)cc1. The second kappa shape index (κ2) is 5.36. The monoisotopic (exact) mass is 195 g/mol. The molecule has 0 radical (unpaired) electrons. The molecule has 0 fully saturated rings. The van der Waals surface area contributed by atoms with E-state index in [0.29, 0.717) is 17.7 Å². The number of rotatable bonds is 5. The van der Waals surface area contributed by atoms with Gasteiger partial charge >= 0.3 is 0 Å². The number of carbonyl (C=O) groups is 1. The highest BCUT2D eigenvalue weighted by Crippen LogP contribution is 2.08. The third-order valence-corrected chi connectivity index (χ3v) is 1.71. The Hall–Kier alpha value is -1.39. The van der Waals surface area contributed by atoms with Crippen LogP contribution in [0, 0.1) is 0 Å². The van der Waals surface area contributed by atoms with E-state index in [1.54, 1.807) is 24.3 Å². The van der Waals surface area contributed by atoms with Crippen LogP contribution in [-0.4, -0.2) is 17.7 Å². The Bertz CT molecular complexity index is 284. The molecule has 0 spiro atoms. The third-order valence-electron chi connectivity index (χ3n) is 1.71. The fourth-order valence-electron chi connectivity index (χ4n) is 0.849. The average molecular weight is 195 g/mol. The van der Waals surface area contributed by atoms with Crippen LogP contribution in [0.3, 0.4) is 0 Å². The molecule has 0 aromatic heterocycles. The van der Waals surface area contributed by atoms with Crippen molar-refractivity contribution < 1.29 is 14.7 Å². The molecule has 0 saturated carbocycles. The zero-order chi connectivity index (χ0) is 10.4. The first-order valence-electron chi connectivity index (χ1n) is 4.41. The van der Waals surface area contributed by atoms with E-state index in [1.807, 2.05) is 6.92 Å². The van der Waals surface area contributed by atoms with E-state index in [1.165, 1.54) is 0 Å². The number of carbonyl (C=O) groups excluding carboxylic acids is 1. The van der Waals surface area contributed by atoms with Crippen LogP contribution >= 0.6 is 0 Å². The Kier molecular flexibility index (Phi) is 4.10. The van der Waals surface area contributed by atoms with E-state index < -0.39 is 6.29 Å². The highest BCUT2D eigenvalue weighted by atomic mass is 16.7. The number of aldehydes is 1. The molecule has 14 heavy (non-hydrogen) atoms. The molecule has 0 bridgehead atoms. The largest absolute Gasteiger partial charge is 0.366 e. The van der Waals surface area contributed by atoms with Crippen LogP contribution in [0.4, 0.5) is 5.69 Å². The van der Waals surface area contributed by atoms with Gasteiger partial charge in [0.2, 0.25) is 0 Å². The summed E-state index contributed by atoms with van der Waals surface area (Å²) in [5, 5.41) is 9.08. The lowest BCUT2D eigenvalue weighted by Crippen LogP contribution is -2.14. The zero-order valence-electron chi connectivity index (χ0n) is 7.93. The topological polar surface area (TPSA) is 58.6 Å². The summed E-state index contributed by atoms with van der Waals surface area (Å²) in [4.78, 5) is 15.2. The molecule has 1 unspecified atom stereocenters. The van der Waals surface area contributed by atoms with Crippen LogP contribution in [0.1, 0.15) is 23.7 Å². The molecule has 4 nitrogen and oxygen atoms in total. The molecule has 0 saturated heterocycles. The summed E-state index contributed by atoms with van der Waals surface area (Å²) in [7, 11) is 0. The van der Waals surface area contributed by atoms with Gasteiger partial charge in [-0.25, -0.2) is 4.84 Å². The van der Waals surface area contributed by atoms with Crippen LogP contribution in [0.15, 0.2) is 24.3 Å². The lowest BCUT2D eigenvalue weighted by atomic mass is 10.2. The van der Waals surface area contributed by atoms with E-state index in [-0.39, 0.29) is 0 Å². The van der Waals surface area contributed by atoms with Gasteiger partial charge in [-0.1, -0.05) is 6.92 Å². The van der Waals surface area contributed by atoms with Crippen molar-refractivity contribution in [3.05, 3.63) is 29.8 Å². The third kappa shape index (κ3) is 3.16. The summed E-state index contributed by atoms with van der Waals surface area (Å²) in [6, 6.07) is 6.73. The molecular formula is C10H13NO3. The summed E-state index contributed by atoms with van der Waals surface area (Å²) < 4.78 is 0. The number of aliphatic hydroxyl groups is 1. The minimum Gasteiger partial charge on any atom is -0.366 e. The van der Waals surface area contributed by atoms with Crippen molar-refractivity contribution in [2.24, 2.45) is 0 Å². The first-order chi connectivity index (χ1) is 6.76. The van der Waals surface area contributed by atoms with E-state index in [0.717, 1.165) is 6.29 Å². The Labute approximate surface area is 82.5 Å². The zero-order valence-corrected chi connectivity index (χ0v) is 7.93. The van der Waals surface area contributed by atoms with Crippen molar-refractivity contribution in [2.45, 2.75) is 19.6 Å². The fourth-order valence-corrected chi connectivity index (χ4v) is 0.849. The summed E-state index contributed by atoms with van der Waals surface area (Å²) in [5.41, 5.74) is 3.88. The second-order valence-electron chi connectivity index (χ2n) is 2.82. The van der Waals surface area contributed by atoms with Gasteiger partial charge in [0, 0.05) is 5.56 Å². The quantitative estimate of drug-likeness (QED) is 0.425. The number of benzene rings is 1. The van der Waals surface area contributed by atoms with E-state index in [4.69, 9.17) is 9.94 Å². The van der Waals surface area contributed by atoms with E-state index >= 15 is 0 Å². The normalized spacial score (nSPS) is 12.1. The highest BCUT2D eigenvalue weighted by molar-refractivity contribution is 5.75. The molecule has 1 rings (SSSR count). The lowest BCUT2D eigenvalue weighted by Gasteiger charge is -2.10. The fraction of sp³-hybridized carbons (Fsp3) is 0.300. The van der Waals surface area contributed by atoms with Gasteiger partial charge in [-0.2, -0.15) is 0 Å². The lowest BCUT2D eigenvalue weighted by molar-refractivity contribution is -0.0757. The number of anilines is 1. The molecule has 0 aliphatic carbocycles. The van der Waals surface area contributed by atoms with Gasteiger partial charge in [0.15, 0.2) is 6.29 Å². The highest BCUT2D eigenvalue weighted by Gasteiger charge is 1.99. The standard InChI is InChI=1S/C10H13NO3/c1-2-10(13)14-11-9-5-3-8(7-12)4-6-9/h3-7,10-11,13H,2H2,1H3. The van der Waals surface area contributed by atoms with E-state index in [9.17, 15) is 4.79 Å². The summed E-state index contributed by atoms with van der Waals surface area (Å²) in [5.74, 6) is 0. The minimum atomic E-state index is -0.819. The van der Waals surface area contributed by atoms with Crippen LogP contribution in [0.25, 0.3) is 0 Å². The van der Waals surface area contributed by atoms with Gasteiger partial charge in [-0.3, -0.25) is 10.3 Å². The van der Waals surface area contributed by atoms with Gasteiger partial charge in [0.25, 0.3) is 0 Å². The maximum absolute atomic E-state index is 10.3. The smallest absolute Gasteiger partial charge is 0.180 e. The Morgan fingerprint density at radius 3 is 2.64 bits per heavy atom. The number of hydrogen-bond acceptors (Lipinski definition) is 4. The summed E-state index contributed by atoms with van der Waals surface area (Å²) in [6.07, 6.45) is 0.464. The number of hydrogen-bond donors (Lipinski definition) is 2. The van der Waals surface area contributed by atoms with Crippen molar-refractivity contribution in [2.75, 3.05) is 5.48 Å². The van der Waals surface area contributed by atoms with Gasteiger partial charge in [0.1, 0.15) is 6.29 Å². The predicted molar refractivity (Wildman–Crippen MR) is 52.8 cm³/mol. The molecule has 0 aliphatic heterocycles. The van der Waals surface area contributed by atoms with Crippen LogP contribution in [0.2, 0.25) is 0 Å². The van der Waals surface area contributed by atoms with Gasteiger partial charge in [0.05, 0.1) is 5.69 Å². The van der Waals surface area contributed by atoms with Crippen LogP contribution in [0.5, 0.6) is 0 Å². The molecule has 2 N–H and O–H groups in total. The van der Waals surface area contributed by atoms with Crippen molar-refractivity contribution >= 4 is 12.0 Å². The number of nitrogens with one attached hydrogen (secondary N) is 1. The van der Waals surface area contributed by atoms with Crippen molar-refractivity contribution in [3.8, 4) is 0 Å². The maximum atomic E-state index is 10.3. The molecule has 1 aromatic carbocycles. The molecule has 0 heterocycles. The predicted octanol–water partition coefficient (Wildman–Crippen LogP) is 1.57. The molecule has 0 aliphatic rings. The molecule has 1 aromatic rings. The summed E-state index contributed by atoms with van der Waals surface area (Å²) >= 11 is 0. The van der Waals surface area contributed by atoms with Gasteiger partial charge in [-0.15, -0.1) is 0 Å². The minimum absolute atomic E-state index is 0.513. The molecule has 1 atom stereocenters. The first-order valence-corrected chi connectivity index (χ1v) is 4.41. The van der Waals surface area contributed by atoms with Crippen LogP contribution < -0.4 is 5.48 Å².